The van der Waals surface area contributed by atoms with Crippen molar-refractivity contribution in [2.45, 2.75) is 24.7 Å². The monoisotopic (exact) mass is 405 g/mol. The largest absolute Gasteiger partial charge is 0.338 e. The average Bonchev–Trinajstić information content (AvgIpc) is 3.04. The zero-order chi connectivity index (χ0) is 19.9. The zero-order valence-electron chi connectivity index (χ0n) is 14.9. The number of aromatic nitrogens is 2. The molecule has 28 heavy (non-hydrogen) atoms. The summed E-state index contributed by atoms with van der Waals surface area (Å²) in [4.78, 5) is 4.44. The van der Waals surface area contributed by atoms with Gasteiger partial charge in [-0.05, 0) is 31.0 Å². The van der Waals surface area contributed by atoms with Crippen molar-refractivity contribution in [3.8, 4) is 11.4 Å². The molecule has 1 N–H and O–H groups in total. The first-order valence-corrected chi connectivity index (χ1v) is 10.5. The number of hydrogen-bond acceptors (Lipinski definition) is 5. The molecule has 1 aliphatic rings. The van der Waals surface area contributed by atoms with Crippen LogP contribution in [0.5, 0.6) is 0 Å². The Hall–Kier alpha value is -2.81. The van der Waals surface area contributed by atoms with Crippen molar-refractivity contribution in [1.29, 1.82) is 0 Å². The number of hydrogen-bond donors (Lipinski definition) is 1. The highest BCUT2D eigenvalue weighted by Gasteiger charge is 2.47. The fourth-order valence-electron chi connectivity index (χ4n) is 3.48. The molecule has 4 rings (SSSR count). The summed E-state index contributed by atoms with van der Waals surface area (Å²) in [6.45, 7) is 0. The van der Waals surface area contributed by atoms with E-state index in [0.29, 0.717) is 29.7 Å². The Balaban J connectivity index is 1.70. The van der Waals surface area contributed by atoms with E-state index in [-0.39, 0.29) is 11.7 Å². The molecule has 0 unspecified atom stereocenters. The molecule has 6 nitrogen and oxygen atoms in total. The number of benzene rings is 2. The zero-order valence-corrected chi connectivity index (χ0v) is 15.8. The highest BCUT2D eigenvalue weighted by Crippen LogP contribution is 2.49. The molecule has 1 saturated carbocycles. The van der Waals surface area contributed by atoms with E-state index in [0.717, 1.165) is 18.7 Å². The van der Waals surface area contributed by atoms with Crippen LogP contribution in [-0.2, 0) is 15.4 Å². The van der Waals surface area contributed by atoms with Crippen LogP contribution in [0.25, 0.3) is 11.4 Å². The highest BCUT2D eigenvalue weighted by atomic mass is 32.2. The first-order chi connectivity index (χ1) is 13.3. The van der Waals surface area contributed by atoms with Crippen molar-refractivity contribution >= 4 is 15.7 Å². The number of sulfonamides is 1. The summed E-state index contributed by atoms with van der Waals surface area (Å²) >= 11 is 0. The lowest BCUT2D eigenvalue weighted by molar-refractivity contribution is 0.211. The van der Waals surface area contributed by atoms with Crippen molar-refractivity contribution in [2.24, 2.45) is 0 Å². The van der Waals surface area contributed by atoms with Crippen LogP contribution in [-0.4, -0.2) is 24.8 Å². The summed E-state index contributed by atoms with van der Waals surface area (Å²) in [6, 6.07) is 10.1. The quantitative estimate of drug-likeness (QED) is 0.697. The fourth-order valence-corrected chi connectivity index (χ4v) is 4.03. The van der Waals surface area contributed by atoms with Gasteiger partial charge in [-0.25, -0.2) is 17.2 Å². The van der Waals surface area contributed by atoms with Crippen molar-refractivity contribution < 1.29 is 21.7 Å². The predicted molar refractivity (Wildman–Crippen MR) is 99.2 cm³/mol. The minimum Gasteiger partial charge on any atom is -0.338 e. The van der Waals surface area contributed by atoms with E-state index in [1.54, 1.807) is 24.3 Å². The summed E-state index contributed by atoms with van der Waals surface area (Å²) in [6.07, 6.45) is 3.16. The second-order valence-corrected chi connectivity index (χ2v) is 8.69. The van der Waals surface area contributed by atoms with Crippen molar-refractivity contribution in [3.63, 3.8) is 0 Å². The summed E-state index contributed by atoms with van der Waals surface area (Å²) in [7, 11) is -3.42. The van der Waals surface area contributed by atoms with Crippen LogP contribution in [0.3, 0.4) is 0 Å². The molecule has 0 radical (unpaired) electrons. The summed E-state index contributed by atoms with van der Waals surface area (Å²) in [5.41, 5.74) is 0.487. The molecule has 1 fully saturated rings. The Labute approximate surface area is 160 Å². The van der Waals surface area contributed by atoms with Gasteiger partial charge in [-0.1, -0.05) is 29.8 Å². The van der Waals surface area contributed by atoms with Gasteiger partial charge in [0.1, 0.15) is 11.6 Å². The maximum Gasteiger partial charge on any atom is 0.237 e. The standard InChI is InChI=1S/C19H17F2N3O3S/c1-28(25,26)24-14-5-2-4-12(10-14)17-22-18(27-23-17)19(8-3-9-19)15-7-6-13(20)11-16(15)21/h2,4-7,10-11,24H,3,8-9H2,1H3. The maximum atomic E-state index is 14.4. The predicted octanol–water partition coefficient (Wildman–Crippen LogP) is 3.86. The van der Waals surface area contributed by atoms with E-state index in [4.69, 9.17) is 4.52 Å². The lowest BCUT2D eigenvalue weighted by Gasteiger charge is -2.38. The third kappa shape index (κ3) is 3.37. The van der Waals surface area contributed by atoms with E-state index in [9.17, 15) is 17.2 Å². The third-order valence-corrected chi connectivity index (χ3v) is 5.52. The topological polar surface area (TPSA) is 85.1 Å². The number of halogens is 2. The Morgan fingerprint density at radius 2 is 1.93 bits per heavy atom. The molecule has 0 saturated heterocycles. The van der Waals surface area contributed by atoms with Crippen molar-refractivity contribution in [3.05, 3.63) is 65.6 Å². The van der Waals surface area contributed by atoms with Crippen LogP contribution in [0.4, 0.5) is 14.5 Å². The molecule has 1 aliphatic carbocycles. The average molecular weight is 405 g/mol. The molecule has 3 aromatic rings. The lowest BCUT2D eigenvalue weighted by atomic mass is 9.64. The van der Waals surface area contributed by atoms with Gasteiger partial charge in [0.15, 0.2) is 0 Å². The van der Waals surface area contributed by atoms with Crippen LogP contribution in [0, 0.1) is 11.6 Å². The molecule has 0 aliphatic heterocycles. The van der Waals surface area contributed by atoms with Crippen LogP contribution in [0.2, 0.25) is 0 Å². The summed E-state index contributed by atoms with van der Waals surface area (Å²) < 4.78 is 58.4. The first-order valence-electron chi connectivity index (χ1n) is 8.65. The SMILES string of the molecule is CS(=O)(=O)Nc1cccc(-c2noc(C3(c4ccc(F)cc4F)CCC3)n2)c1. The van der Waals surface area contributed by atoms with E-state index in [1.165, 1.54) is 12.1 Å². The Bertz CT molecular complexity index is 1140. The minimum atomic E-state index is -3.42. The Morgan fingerprint density at radius 3 is 2.57 bits per heavy atom. The normalized spacial score (nSPS) is 15.8. The van der Waals surface area contributed by atoms with Crippen LogP contribution >= 0.6 is 0 Å². The molecule has 0 spiro atoms. The van der Waals surface area contributed by atoms with E-state index < -0.39 is 27.1 Å². The van der Waals surface area contributed by atoms with Gasteiger partial charge in [-0.15, -0.1) is 0 Å². The van der Waals surface area contributed by atoms with E-state index in [2.05, 4.69) is 14.9 Å². The highest BCUT2D eigenvalue weighted by molar-refractivity contribution is 7.92. The van der Waals surface area contributed by atoms with Crippen molar-refractivity contribution in [1.82, 2.24) is 10.1 Å². The van der Waals surface area contributed by atoms with Gasteiger partial charge < -0.3 is 4.52 Å². The number of nitrogens with one attached hydrogen (secondary N) is 1. The number of anilines is 1. The fraction of sp³-hybridized carbons (Fsp3) is 0.263. The van der Waals surface area contributed by atoms with Crippen LogP contribution < -0.4 is 4.72 Å². The van der Waals surface area contributed by atoms with Gasteiger partial charge in [-0.2, -0.15) is 4.98 Å². The minimum absolute atomic E-state index is 0.265. The van der Waals surface area contributed by atoms with Gasteiger partial charge in [0.25, 0.3) is 0 Å². The molecular formula is C19H17F2N3O3S. The smallest absolute Gasteiger partial charge is 0.237 e. The Kier molecular flexibility index (Phi) is 4.41. The van der Waals surface area contributed by atoms with E-state index in [1.807, 2.05) is 0 Å². The number of nitrogens with zero attached hydrogens (tertiary/aromatic N) is 2. The van der Waals surface area contributed by atoms with Crippen LogP contribution in [0.15, 0.2) is 47.0 Å². The molecule has 146 valence electrons. The van der Waals surface area contributed by atoms with Gasteiger partial charge in [0.05, 0.1) is 11.7 Å². The Morgan fingerprint density at radius 1 is 1.14 bits per heavy atom. The van der Waals surface area contributed by atoms with Crippen molar-refractivity contribution in [2.75, 3.05) is 11.0 Å². The third-order valence-electron chi connectivity index (χ3n) is 4.91. The molecule has 0 amide bonds. The van der Waals surface area contributed by atoms with Gasteiger partial charge in [0, 0.05) is 22.9 Å². The summed E-state index contributed by atoms with van der Waals surface area (Å²) in [5, 5.41) is 3.98. The van der Waals surface area contributed by atoms with Gasteiger partial charge in [0.2, 0.25) is 21.7 Å². The van der Waals surface area contributed by atoms with Gasteiger partial charge >= 0.3 is 0 Å². The summed E-state index contributed by atoms with van der Waals surface area (Å²) in [5.74, 6) is -0.752. The molecular weight excluding hydrogens is 388 g/mol. The molecule has 2 aromatic carbocycles. The second kappa shape index (κ2) is 6.66. The van der Waals surface area contributed by atoms with Gasteiger partial charge in [-0.3, -0.25) is 4.72 Å². The molecule has 1 heterocycles. The maximum absolute atomic E-state index is 14.4. The molecule has 9 heteroatoms. The lowest BCUT2D eigenvalue weighted by Crippen LogP contribution is -2.36. The molecule has 1 aromatic heterocycles. The molecule has 0 bridgehead atoms. The van der Waals surface area contributed by atoms with Crippen LogP contribution in [0.1, 0.15) is 30.7 Å². The first kappa shape index (κ1) is 18.5. The number of rotatable bonds is 5. The molecule has 0 atom stereocenters. The second-order valence-electron chi connectivity index (χ2n) is 6.94. The van der Waals surface area contributed by atoms with E-state index >= 15 is 0 Å².